The van der Waals surface area contributed by atoms with Crippen LogP contribution in [0.4, 0.5) is 0 Å². The van der Waals surface area contributed by atoms with Gasteiger partial charge in [0.05, 0.1) is 23.0 Å². The van der Waals surface area contributed by atoms with Crippen LogP contribution in [-0.4, -0.2) is 17.1 Å². The fraction of sp³-hybridized carbons (Fsp3) is 0.200. The Balaban J connectivity index is 0.00000267. The van der Waals surface area contributed by atoms with Crippen LogP contribution >= 0.6 is 0 Å². The molecule has 6 rings (SSSR count). The molecule has 0 aliphatic heterocycles. The minimum absolute atomic E-state index is 0. The second kappa shape index (κ2) is 9.74. The molecule has 2 heterocycles. The van der Waals surface area contributed by atoms with Gasteiger partial charge in [0, 0.05) is 16.5 Å². The van der Waals surface area contributed by atoms with Crippen molar-refractivity contribution in [1.82, 2.24) is 4.98 Å². The molecule has 5 aromatic rings. The van der Waals surface area contributed by atoms with Crippen LogP contribution < -0.4 is 39.4 Å². The summed E-state index contributed by atoms with van der Waals surface area (Å²) in [5.74, 6) is 0.283. The van der Waals surface area contributed by atoms with Gasteiger partial charge in [-0.15, -0.1) is 0 Å². The van der Waals surface area contributed by atoms with Crippen molar-refractivity contribution in [2.45, 2.75) is 38.7 Å². The van der Waals surface area contributed by atoms with Crippen LogP contribution in [0.2, 0.25) is 0 Å². The normalized spacial score (nSPS) is 16.9. The smallest absolute Gasteiger partial charge is 0.545 e. The van der Waals surface area contributed by atoms with Crippen LogP contribution in [0.3, 0.4) is 0 Å². The number of carboxylic acids is 1. The number of aromatic carboxylic acids is 1. The average molecular weight is 486 g/mol. The zero-order valence-electron chi connectivity index (χ0n) is 20.6. The number of aromatic nitrogens is 1. The first kappa shape index (κ1) is 24.6. The van der Waals surface area contributed by atoms with E-state index in [9.17, 15) is 9.90 Å². The Morgan fingerprint density at radius 1 is 1.00 bits per heavy atom. The first-order valence-electron chi connectivity index (χ1n) is 11.9. The van der Waals surface area contributed by atoms with E-state index in [4.69, 9.17) is 14.1 Å². The largest absolute Gasteiger partial charge is 1.00 e. The second-order valence-corrected chi connectivity index (χ2v) is 9.32. The van der Waals surface area contributed by atoms with Crippen molar-refractivity contribution in [3.63, 3.8) is 0 Å². The Kier molecular flexibility index (Phi) is 6.64. The number of para-hydroxylation sites is 1. The summed E-state index contributed by atoms with van der Waals surface area (Å²) in [5, 5.41) is 13.8. The van der Waals surface area contributed by atoms with Gasteiger partial charge in [0.1, 0.15) is 17.0 Å². The van der Waals surface area contributed by atoms with Crippen molar-refractivity contribution in [2.75, 3.05) is 0 Å². The molecule has 5 nitrogen and oxygen atoms in total. The van der Waals surface area contributed by atoms with Crippen LogP contribution in [0.15, 0.2) is 77.2 Å². The Labute approximate surface area is 231 Å². The molecule has 0 unspecified atom stereocenters. The molecule has 0 spiro atoms. The van der Waals surface area contributed by atoms with Gasteiger partial charge in [-0.05, 0) is 61.9 Å². The molecule has 36 heavy (non-hydrogen) atoms. The molecule has 0 N–H and O–H groups in total. The van der Waals surface area contributed by atoms with Crippen LogP contribution in [0.5, 0.6) is 5.75 Å². The summed E-state index contributed by atoms with van der Waals surface area (Å²) in [6.45, 7) is 3.88. The number of ether oxygens (including phenoxy) is 1. The number of carboxylic acid groups (broad SMARTS) is 1. The Hall–Kier alpha value is -3.12. The van der Waals surface area contributed by atoms with Gasteiger partial charge < -0.3 is 19.1 Å². The third kappa shape index (κ3) is 4.21. The Morgan fingerprint density at radius 3 is 2.44 bits per heavy atom. The van der Waals surface area contributed by atoms with Gasteiger partial charge in [-0.3, -0.25) is 0 Å². The number of hydrogen-bond donors (Lipinski definition) is 0. The van der Waals surface area contributed by atoms with E-state index in [0.29, 0.717) is 34.0 Å². The van der Waals surface area contributed by atoms with Crippen molar-refractivity contribution < 1.29 is 48.6 Å². The average Bonchev–Trinajstić information content (AvgIpc) is 3.19. The van der Waals surface area contributed by atoms with Crippen molar-refractivity contribution >= 4 is 27.8 Å². The van der Waals surface area contributed by atoms with Gasteiger partial charge >= 0.3 is 29.6 Å². The summed E-state index contributed by atoms with van der Waals surface area (Å²) in [5.41, 5.74) is 4.94. The van der Waals surface area contributed by atoms with E-state index >= 15 is 0 Å². The maximum absolute atomic E-state index is 12.3. The summed E-state index contributed by atoms with van der Waals surface area (Å²) in [4.78, 5) is 17.2. The molecular formula is C30H24NNaO4. The molecule has 1 saturated carbocycles. The van der Waals surface area contributed by atoms with E-state index in [2.05, 4.69) is 24.3 Å². The van der Waals surface area contributed by atoms with Crippen LogP contribution in [0.1, 0.15) is 45.8 Å². The van der Waals surface area contributed by atoms with E-state index in [1.807, 2.05) is 56.3 Å². The number of fused-ring (bicyclic) bond motifs is 2. The van der Waals surface area contributed by atoms with Crippen molar-refractivity contribution in [2.24, 2.45) is 0 Å². The number of hydrogen-bond acceptors (Lipinski definition) is 5. The molecule has 0 radical (unpaired) electrons. The van der Waals surface area contributed by atoms with Gasteiger partial charge in [-0.25, -0.2) is 4.98 Å². The van der Waals surface area contributed by atoms with Crippen LogP contribution in [0.25, 0.3) is 33.3 Å². The first-order valence-corrected chi connectivity index (χ1v) is 11.9. The SMILES string of the molecule is Cc1c(-c2cc(C(=O)[O-])c3c(O[C@H]4C[C@H](c5ccccc5)C4)ccc(C)c3n2)oc2ccccc12.[Na+]. The summed E-state index contributed by atoms with van der Waals surface area (Å²) in [7, 11) is 0. The number of carbonyl (C=O) groups excluding carboxylic acids is 1. The third-order valence-corrected chi connectivity index (χ3v) is 7.08. The maximum atomic E-state index is 12.3. The predicted octanol–water partition coefficient (Wildman–Crippen LogP) is 2.96. The number of carbonyl (C=O) groups is 1. The Bertz CT molecular complexity index is 1590. The molecule has 2 aromatic heterocycles. The van der Waals surface area contributed by atoms with Crippen LogP contribution in [0, 0.1) is 13.8 Å². The molecule has 3 aromatic carbocycles. The standard InChI is InChI=1S/C30H25NO4.Na/c1-17-12-13-26(34-21-14-20(15-21)19-8-4-3-5-9-19)27-23(30(32)33)16-24(31-28(17)27)29-18(2)22-10-6-7-11-25(22)35-29;/h3-13,16,20-21H,14-15H2,1-2H3,(H,32,33);/q;+1/p-1/t20-,21-;. The molecule has 0 amide bonds. The number of benzene rings is 3. The fourth-order valence-corrected chi connectivity index (χ4v) is 5.08. The number of nitrogens with zero attached hydrogens (tertiary/aromatic N) is 1. The molecule has 6 heteroatoms. The monoisotopic (exact) mass is 485 g/mol. The van der Waals surface area contributed by atoms with E-state index in [0.717, 1.165) is 34.9 Å². The summed E-state index contributed by atoms with van der Waals surface area (Å²) in [6, 6.07) is 23.4. The van der Waals surface area contributed by atoms with Gasteiger partial charge in [0.15, 0.2) is 5.76 Å². The quantitative estimate of drug-likeness (QED) is 0.358. The first-order chi connectivity index (χ1) is 17.0. The van der Waals surface area contributed by atoms with Gasteiger partial charge in [0.25, 0.3) is 0 Å². The van der Waals surface area contributed by atoms with Crippen molar-refractivity contribution in [1.29, 1.82) is 0 Å². The van der Waals surface area contributed by atoms with Gasteiger partial charge in [-0.1, -0.05) is 54.6 Å². The minimum Gasteiger partial charge on any atom is -0.545 e. The van der Waals surface area contributed by atoms with Crippen molar-refractivity contribution in [3.8, 4) is 17.2 Å². The molecule has 0 bridgehead atoms. The van der Waals surface area contributed by atoms with Crippen LogP contribution in [-0.2, 0) is 0 Å². The number of rotatable bonds is 5. The van der Waals surface area contributed by atoms with E-state index in [1.54, 1.807) is 6.07 Å². The fourth-order valence-electron chi connectivity index (χ4n) is 5.08. The number of pyridine rings is 1. The van der Waals surface area contributed by atoms with E-state index in [1.165, 1.54) is 5.56 Å². The maximum Gasteiger partial charge on any atom is 1.00 e. The molecule has 0 saturated heterocycles. The molecule has 174 valence electrons. The minimum atomic E-state index is -1.27. The predicted molar refractivity (Wildman–Crippen MR) is 134 cm³/mol. The third-order valence-electron chi connectivity index (χ3n) is 7.08. The number of furan rings is 1. The van der Waals surface area contributed by atoms with E-state index in [-0.39, 0.29) is 41.2 Å². The van der Waals surface area contributed by atoms with Gasteiger partial charge in [0.2, 0.25) is 0 Å². The topological polar surface area (TPSA) is 75.4 Å². The van der Waals surface area contributed by atoms with Gasteiger partial charge in [-0.2, -0.15) is 0 Å². The summed E-state index contributed by atoms with van der Waals surface area (Å²) < 4.78 is 12.4. The molecule has 0 atom stereocenters. The Morgan fingerprint density at radius 2 is 1.72 bits per heavy atom. The molecular weight excluding hydrogens is 461 g/mol. The summed E-state index contributed by atoms with van der Waals surface area (Å²) in [6.07, 6.45) is 1.81. The zero-order chi connectivity index (χ0) is 24.1. The molecule has 1 aliphatic carbocycles. The van der Waals surface area contributed by atoms with E-state index < -0.39 is 5.97 Å². The molecule has 1 aliphatic rings. The van der Waals surface area contributed by atoms with Crippen molar-refractivity contribution in [3.05, 3.63) is 95.1 Å². The number of aryl methyl sites for hydroxylation is 2. The molecule has 1 fully saturated rings. The summed E-state index contributed by atoms with van der Waals surface area (Å²) >= 11 is 0. The second-order valence-electron chi connectivity index (χ2n) is 9.32. The zero-order valence-corrected chi connectivity index (χ0v) is 22.6.